The lowest BCUT2D eigenvalue weighted by Gasteiger charge is -2.19. The fraction of sp³-hybridized carbons (Fsp3) is 0.533. The van der Waals surface area contributed by atoms with E-state index in [4.69, 9.17) is 18.0 Å². The summed E-state index contributed by atoms with van der Waals surface area (Å²) in [4.78, 5) is 0.462. The summed E-state index contributed by atoms with van der Waals surface area (Å²) >= 11 is 8.63. The highest BCUT2D eigenvalue weighted by Gasteiger charge is 2.41. The molecule has 3 N–H and O–H groups in total. The van der Waals surface area contributed by atoms with Crippen molar-refractivity contribution >= 4 is 38.8 Å². The van der Waals surface area contributed by atoms with E-state index < -0.39 is 0 Å². The van der Waals surface area contributed by atoms with Gasteiger partial charge in [-0.05, 0) is 61.6 Å². The minimum absolute atomic E-state index is 0.462. The Morgan fingerprint density at radius 1 is 1.32 bits per heavy atom. The van der Waals surface area contributed by atoms with Gasteiger partial charge in [-0.1, -0.05) is 28.1 Å². The number of hydrogen-bond donors (Lipinski definition) is 2. The number of halogens is 1. The van der Waals surface area contributed by atoms with Crippen molar-refractivity contribution in [3.8, 4) is 0 Å². The highest BCUT2D eigenvalue weighted by atomic mass is 79.9. The molecule has 102 valence electrons. The molecule has 1 aromatic rings. The van der Waals surface area contributed by atoms with Crippen molar-refractivity contribution in [1.82, 2.24) is 0 Å². The molecule has 0 bridgehead atoms. The Kier molecular flexibility index (Phi) is 3.81. The number of anilines is 1. The minimum Gasteiger partial charge on any atom is -0.389 e. The van der Waals surface area contributed by atoms with Crippen LogP contribution in [0.2, 0.25) is 0 Å². The molecule has 0 aliphatic heterocycles. The van der Waals surface area contributed by atoms with Crippen molar-refractivity contribution in [2.45, 2.75) is 25.7 Å². The van der Waals surface area contributed by atoms with Crippen LogP contribution in [0.1, 0.15) is 31.2 Å². The summed E-state index contributed by atoms with van der Waals surface area (Å²) in [5.74, 6) is 2.76. The van der Waals surface area contributed by atoms with Gasteiger partial charge in [0.2, 0.25) is 0 Å². The Morgan fingerprint density at radius 3 is 2.47 bits per heavy atom. The van der Waals surface area contributed by atoms with Crippen LogP contribution in [-0.4, -0.2) is 11.5 Å². The molecule has 2 fully saturated rings. The number of nitrogens with two attached hydrogens (primary N) is 1. The van der Waals surface area contributed by atoms with Gasteiger partial charge in [-0.3, -0.25) is 0 Å². The fourth-order valence-corrected chi connectivity index (χ4v) is 3.41. The van der Waals surface area contributed by atoms with E-state index in [1.165, 1.54) is 25.7 Å². The predicted molar refractivity (Wildman–Crippen MR) is 87.5 cm³/mol. The zero-order chi connectivity index (χ0) is 13.4. The molecule has 0 spiro atoms. The maximum Gasteiger partial charge on any atom is 0.106 e. The highest BCUT2D eigenvalue weighted by Crippen LogP contribution is 2.49. The second-order valence-corrected chi connectivity index (χ2v) is 7.13. The summed E-state index contributed by atoms with van der Waals surface area (Å²) in [6.45, 7) is 1.06. The molecule has 0 radical (unpaired) electrons. The molecule has 0 heterocycles. The van der Waals surface area contributed by atoms with Crippen LogP contribution in [0.3, 0.4) is 0 Å². The topological polar surface area (TPSA) is 38.0 Å². The lowest BCUT2D eigenvalue weighted by molar-refractivity contribution is 0.428. The highest BCUT2D eigenvalue weighted by molar-refractivity contribution is 9.10. The molecule has 1 aromatic carbocycles. The third-order valence-corrected chi connectivity index (χ3v) is 4.94. The Morgan fingerprint density at radius 2 is 1.95 bits per heavy atom. The number of hydrogen-bond acceptors (Lipinski definition) is 2. The Balaban J connectivity index is 1.71. The molecule has 0 saturated heterocycles. The van der Waals surface area contributed by atoms with Crippen molar-refractivity contribution in [3.63, 3.8) is 0 Å². The Hall–Kier alpha value is -0.610. The van der Waals surface area contributed by atoms with Crippen molar-refractivity contribution < 1.29 is 0 Å². The van der Waals surface area contributed by atoms with Crippen molar-refractivity contribution in [2.75, 3.05) is 11.9 Å². The zero-order valence-corrected chi connectivity index (χ0v) is 13.3. The lowest BCUT2D eigenvalue weighted by Crippen LogP contribution is -2.20. The third kappa shape index (κ3) is 3.29. The number of rotatable bonds is 6. The molecule has 0 atom stereocenters. The molecule has 2 nitrogen and oxygen atoms in total. The first-order valence-corrected chi connectivity index (χ1v) is 8.18. The first-order valence-electron chi connectivity index (χ1n) is 6.98. The van der Waals surface area contributed by atoms with Gasteiger partial charge in [0.25, 0.3) is 0 Å². The van der Waals surface area contributed by atoms with E-state index in [2.05, 4.69) is 27.3 Å². The largest absolute Gasteiger partial charge is 0.389 e. The van der Waals surface area contributed by atoms with Crippen LogP contribution >= 0.6 is 28.1 Å². The number of thiocarbonyl (C=S) groups is 1. The van der Waals surface area contributed by atoms with Crippen LogP contribution in [0, 0.1) is 17.8 Å². The van der Waals surface area contributed by atoms with Crippen molar-refractivity contribution in [2.24, 2.45) is 23.5 Å². The zero-order valence-electron chi connectivity index (χ0n) is 10.9. The van der Waals surface area contributed by atoms with Gasteiger partial charge in [0.1, 0.15) is 4.99 Å². The molecular weight excluding hydrogens is 320 g/mol. The van der Waals surface area contributed by atoms with Crippen LogP contribution in [-0.2, 0) is 0 Å². The molecule has 2 aliphatic rings. The van der Waals surface area contributed by atoms with E-state index in [1.54, 1.807) is 0 Å². The van der Waals surface area contributed by atoms with E-state index in [0.717, 1.165) is 40.0 Å². The van der Waals surface area contributed by atoms with Gasteiger partial charge in [0.05, 0.1) is 0 Å². The van der Waals surface area contributed by atoms with Gasteiger partial charge in [0.15, 0.2) is 0 Å². The molecule has 0 aromatic heterocycles. The summed E-state index contributed by atoms with van der Waals surface area (Å²) in [7, 11) is 0. The average Bonchev–Trinajstić information content (AvgIpc) is 3.24. The second kappa shape index (κ2) is 5.41. The standard InChI is InChI=1S/C15H19BrN2S/c16-11-5-6-12(15(17)19)14(7-11)18-8-13(9-1-2-9)10-3-4-10/h5-7,9-10,13,18H,1-4,8H2,(H2,17,19). The van der Waals surface area contributed by atoms with Crippen LogP contribution < -0.4 is 11.1 Å². The SMILES string of the molecule is NC(=S)c1ccc(Br)cc1NCC(C1CC1)C1CC1. The third-order valence-electron chi connectivity index (χ3n) is 4.23. The van der Waals surface area contributed by atoms with Gasteiger partial charge >= 0.3 is 0 Å². The van der Waals surface area contributed by atoms with Crippen LogP contribution in [0.5, 0.6) is 0 Å². The number of nitrogens with one attached hydrogen (secondary N) is 1. The molecule has 2 aliphatic carbocycles. The summed E-state index contributed by atoms with van der Waals surface area (Å²) in [6, 6.07) is 6.04. The van der Waals surface area contributed by atoms with E-state index in [9.17, 15) is 0 Å². The maximum atomic E-state index is 5.79. The van der Waals surface area contributed by atoms with Crippen molar-refractivity contribution in [1.29, 1.82) is 0 Å². The molecule has 2 saturated carbocycles. The fourth-order valence-electron chi connectivity index (χ4n) is 2.87. The average molecular weight is 339 g/mol. The van der Waals surface area contributed by atoms with E-state index >= 15 is 0 Å². The Bertz CT molecular complexity index is 483. The molecule has 3 rings (SSSR count). The molecule has 19 heavy (non-hydrogen) atoms. The molecular formula is C15H19BrN2S. The van der Waals surface area contributed by atoms with E-state index in [-0.39, 0.29) is 0 Å². The van der Waals surface area contributed by atoms with E-state index in [0.29, 0.717) is 4.99 Å². The molecule has 4 heteroatoms. The maximum absolute atomic E-state index is 5.79. The minimum atomic E-state index is 0.462. The summed E-state index contributed by atoms with van der Waals surface area (Å²) in [5.41, 5.74) is 7.80. The monoisotopic (exact) mass is 338 g/mol. The molecule has 0 unspecified atom stereocenters. The smallest absolute Gasteiger partial charge is 0.106 e. The van der Waals surface area contributed by atoms with Gasteiger partial charge in [0, 0.05) is 22.3 Å². The van der Waals surface area contributed by atoms with Gasteiger partial charge < -0.3 is 11.1 Å². The van der Waals surface area contributed by atoms with Crippen LogP contribution in [0.25, 0.3) is 0 Å². The van der Waals surface area contributed by atoms with E-state index in [1.807, 2.05) is 12.1 Å². The lowest BCUT2D eigenvalue weighted by atomic mass is 9.97. The van der Waals surface area contributed by atoms with Gasteiger partial charge in [-0.25, -0.2) is 0 Å². The molecule has 0 amide bonds. The summed E-state index contributed by atoms with van der Waals surface area (Å²) in [5, 5.41) is 3.58. The second-order valence-electron chi connectivity index (χ2n) is 5.77. The van der Waals surface area contributed by atoms with Crippen LogP contribution in [0.15, 0.2) is 22.7 Å². The Labute approximate surface area is 128 Å². The summed E-state index contributed by atoms with van der Waals surface area (Å²) < 4.78 is 1.06. The van der Waals surface area contributed by atoms with Crippen molar-refractivity contribution in [3.05, 3.63) is 28.2 Å². The predicted octanol–water partition coefficient (Wildman–Crippen LogP) is 3.93. The first kappa shape index (κ1) is 13.4. The van der Waals surface area contributed by atoms with Gasteiger partial charge in [-0.2, -0.15) is 0 Å². The van der Waals surface area contributed by atoms with Crippen LogP contribution in [0.4, 0.5) is 5.69 Å². The first-order chi connectivity index (χ1) is 9.15. The van der Waals surface area contributed by atoms with Gasteiger partial charge in [-0.15, -0.1) is 0 Å². The quantitative estimate of drug-likeness (QED) is 0.771. The normalized spacial score (nSPS) is 18.6. The summed E-state index contributed by atoms with van der Waals surface area (Å²) in [6.07, 6.45) is 5.68. The number of benzene rings is 1.